The second-order valence-corrected chi connectivity index (χ2v) is 13.9. The predicted molar refractivity (Wildman–Crippen MR) is 227 cm³/mol. The van der Waals surface area contributed by atoms with Crippen molar-refractivity contribution in [3.8, 4) is 62.3 Å². The quantitative estimate of drug-likeness (QED) is 0.168. The fourth-order valence-electron chi connectivity index (χ4n) is 8.36. The van der Waals surface area contributed by atoms with Crippen LogP contribution in [0.4, 0.5) is 0 Å². The molecule has 1 aromatic heterocycles. The highest BCUT2D eigenvalue weighted by atomic mass is 15.0. The van der Waals surface area contributed by atoms with E-state index in [-0.39, 0.29) is 0 Å². The maximum absolute atomic E-state index is 10.1. The Kier molecular flexibility index (Phi) is 7.58. The second-order valence-electron chi connectivity index (χ2n) is 13.9. The molecule has 10 rings (SSSR count). The molecule has 55 heavy (non-hydrogen) atoms. The van der Waals surface area contributed by atoms with Crippen molar-refractivity contribution in [2.45, 2.75) is 0 Å². The minimum Gasteiger partial charge on any atom is -0.309 e. The molecule has 254 valence electrons. The van der Waals surface area contributed by atoms with E-state index in [1.807, 2.05) is 42.5 Å². The molecule has 0 saturated carbocycles. The average molecular weight is 698 g/mol. The lowest BCUT2D eigenvalue weighted by Crippen LogP contribution is -1.96. The number of rotatable bonds is 5. The van der Waals surface area contributed by atoms with E-state index in [0.717, 1.165) is 49.7 Å². The number of hydrogen-bond acceptors (Lipinski definition) is 2. The van der Waals surface area contributed by atoms with Gasteiger partial charge in [-0.3, -0.25) is 0 Å². The van der Waals surface area contributed by atoms with E-state index in [4.69, 9.17) is 0 Å². The molecule has 0 unspecified atom stereocenters. The maximum atomic E-state index is 10.1. The third-order valence-electron chi connectivity index (χ3n) is 10.8. The number of para-hydroxylation sites is 1. The number of nitriles is 2. The van der Waals surface area contributed by atoms with E-state index in [1.165, 1.54) is 43.8 Å². The summed E-state index contributed by atoms with van der Waals surface area (Å²) in [4.78, 5) is 0. The normalized spacial score (nSPS) is 11.2. The molecule has 0 radical (unpaired) electrons. The first-order valence-corrected chi connectivity index (χ1v) is 18.4. The zero-order chi connectivity index (χ0) is 36.9. The largest absolute Gasteiger partial charge is 0.309 e. The second kappa shape index (κ2) is 13.0. The van der Waals surface area contributed by atoms with Gasteiger partial charge in [-0.15, -0.1) is 0 Å². The van der Waals surface area contributed by atoms with Crippen LogP contribution < -0.4 is 0 Å². The zero-order valence-electron chi connectivity index (χ0n) is 29.7. The highest BCUT2D eigenvalue weighted by Gasteiger charge is 2.18. The molecule has 0 saturated heterocycles. The summed E-state index contributed by atoms with van der Waals surface area (Å²) in [6.45, 7) is 0. The molecule has 0 spiro atoms. The monoisotopic (exact) mass is 697 g/mol. The minimum atomic E-state index is 0.585. The van der Waals surface area contributed by atoms with Crippen LogP contribution in [0.5, 0.6) is 0 Å². The first-order valence-electron chi connectivity index (χ1n) is 18.4. The molecular formula is C52H31N3. The number of hydrogen-bond donors (Lipinski definition) is 0. The smallest absolute Gasteiger partial charge is 0.0992 e. The Hall–Kier alpha value is -7.72. The molecule has 1 heterocycles. The van der Waals surface area contributed by atoms with Crippen LogP contribution in [0.25, 0.3) is 93.5 Å². The lowest BCUT2D eigenvalue weighted by Gasteiger charge is -2.18. The van der Waals surface area contributed by atoms with E-state index >= 15 is 0 Å². The van der Waals surface area contributed by atoms with Gasteiger partial charge in [0.05, 0.1) is 34.3 Å². The van der Waals surface area contributed by atoms with Crippen LogP contribution in [0, 0.1) is 22.7 Å². The van der Waals surface area contributed by atoms with Gasteiger partial charge in [0.15, 0.2) is 0 Å². The summed E-state index contributed by atoms with van der Waals surface area (Å²) in [5.74, 6) is 0. The van der Waals surface area contributed by atoms with Gasteiger partial charge in [0.25, 0.3) is 0 Å². The summed E-state index contributed by atoms with van der Waals surface area (Å²) in [6, 6.07) is 70.4. The van der Waals surface area contributed by atoms with Crippen molar-refractivity contribution in [2.24, 2.45) is 0 Å². The molecular weight excluding hydrogens is 667 g/mol. The first-order chi connectivity index (χ1) is 27.2. The first kappa shape index (κ1) is 32.0. The molecule has 0 fully saturated rings. The van der Waals surface area contributed by atoms with Gasteiger partial charge in [-0.05, 0) is 115 Å². The summed E-state index contributed by atoms with van der Waals surface area (Å²) in [5.41, 5.74) is 13.3. The van der Waals surface area contributed by atoms with Crippen molar-refractivity contribution in [2.75, 3.05) is 0 Å². The molecule has 0 N–H and O–H groups in total. The summed E-state index contributed by atoms with van der Waals surface area (Å²) in [6.07, 6.45) is 0. The van der Waals surface area contributed by atoms with Crippen molar-refractivity contribution >= 4 is 43.4 Å². The van der Waals surface area contributed by atoms with Gasteiger partial charge in [-0.25, -0.2) is 0 Å². The van der Waals surface area contributed by atoms with Gasteiger partial charge in [-0.1, -0.05) is 140 Å². The van der Waals surface area contributed by atoms with Gasteiger partial charge in [0.2, 0.25) is 0 Å². The topological polar surface area (TPSA) is 52.5 Å². The number of nitrogens with zero attached hydrogens (tertiary/aromatic N) is 3. The Morgan fingerprint density at radius 1 is 0.309 bits per heavy atom. The van der Waals surface area contributed by atoms with E-state index in [1.54, 1.807) is 0 Å². The summed E-state index contributed by atoms with van der Waals surface area (Å²) >= 11 is 0. The third-order valence-corrected chi connectivity index (χ3v) is 10.8. The summed E-state index contributed by atoms with van der Waals surface area (Å²) in [5, 5.41) is 26.8. The van der Waals surface area contributed by atoms with Crippen LogP contribution >= 0.6 is 0 Å². The molecule has 3 nitrogen and oxygen atoms in total. The van der Waals surface area contributed by atoms with E-state index in [0.29, 0.717) is 11.1 Å². The molecule has 0 aliphatic carbocycles. The van der Waals surface area contributed by atoms with Crippen molar-refractivity contribution < 1.29 is 0 Å². The molecule has 3 heteroatoms. The van der Waals surface area contributed by atoms with Gasteiger partial charge < -0.3 is 4.57 Å². The van der Waals surface area contributed by atoms with Crippen LogP contribution in [0.15, 0.2) is 188 Å². The molecule has 9 aromatic carbocycles. The van der Waals surface area contributed by atoms with Crippen molar-refractivity contribution in [1.29, 1.82) is 10.5 Å². The predicted octanol–water partition coefficient (Wildman–Crippen LogP) is 13.5. The third kappa shape index (κ3) is 5.35. The lowest BCUT2D eigenvalue weighted by atomic mass is 9.85. The Morgan fingerprint density at radius 2 is 0.836 bits per heavy atom. The molecule has 0 bridgehead atoms. The van der Waals surface area contributed by atoms with E-state index in [2.05, 4.69) is 162 Å². The van der Waals surface area contributed by atoms with Gasteiger partial charge in [0, 0.05) is 16.5 Å². The minimum absolute atomic E-state index is 0.585. The standard InChI is InChI=1S/C52H31N3/c53-32-34-21-26-50-48(29-34)43-15-8-9-20-49(43)55(50)42-28-35(33-54)27-41(31-42)37-24-22-36(23-25-37)39-13-10-14-40(30-39)52-46-18-6-4-16-44(46)51(38-11-2-1-3-12-38)45-17-5-7-19-47(45)52/h1-31H. The fraction of sp³-hybridized carbons (Fsp3) is 0. The van der Waals surface area contributed by atoms with Crippen LogP contribution in [0.1, 0.15) is 11.1 Å². The molecule has 10 aromatic rings. The SMILES string of the molecule is N#Cc1cc(-c2ccc(-c3cccc(-c4c5ccccc5c(-c5ccccc5)c5ccccc45)c3)cc2)cc(-n2c3ccccc3c3cc(C#N)ccc32)c1. The molecule has 0 aliphatic rings. The van der Waals surface area contributed by atoms with Crippen LogP contribution in [-0.2, 0) is 0 Å². The van der Waals surface area contributed by atoms with Gasteiger partial charge in [0.1, 0.15) is 0 Å². The fourth-order valence-corrected chi connectivity index (χ4v) is 8.36. The molecule has 0 atom stereocenters. The molecule has 0 amide bonds. The van der Waals surface area contributed by atoms with Crippen molar-refractivity contribution in [3.05, 3.63) is 199 Å². The number of aromatic nitrogens is 1. The highest BCUT2D eigenvalue weighted by Crippen LogP contribution is 2.44. The van der Waals surface area contributed by atoms with E-state index in [9.17, 15) is 10.5 Å². The highest BCUT2D eigenvalue weighted by molar-refractivity contribution is 6.21. The van der Waals surface area contributed by atoms with Gasteiger partial charge in [-0.2, -0.15) is 10.5 Å². The Balaban J connectivity index is 1.07. The van der Waals surface area contributed by atoms with Gasteiger partial charge >= 0.3 is 0 Å². The molecule has 0 aliphatic heterocycles. The Morgan fingerprint density at radius 3 is 1.49 bits per heavy atom. The number of fused-ring (bicyclic) bond motifs is 5. The van der Waals surface area contributed by atoms with Crippen LogP contribution in [0.3, 0.4) is 0 Å². The van der Waals surface area contributed by atoms with Crippen molar-refractivity contribution in [1.82, 2.24) is 4.57 Å². The lowest BCUT2D eigenvalue weighted by molar-refractivity contribution is 1.18. The average Bonchev–Trinajstić information content (AvgIpc) is 3.59. The zero-order valence-corrected chi connectivity index (χ0v) is 29.7. The van der Waals surface area contributed by atoms with E-state index < -0.39 is 0 Å². The maximum Gasteiger partial charge on any atom is 0.0992 e. The van der Waals surface area contributed by atoms with Crippen LogP contribution in [0.2, 0.25) is 0 Å². The van der Waals surface area contributed by atoms with Crippen LogP contribution in [-0.4, -0.2) is 4.57 Å². The summed E-state index contributed by atoms with van der Waals surface area (Å²) < 4.78 is 2.19. The summed E-state index contributed by atoms with van der Waals surface area (Å²) in [7, 11) is 0. The van der Waals surface area contributed by atoms with Crippen molar-refractivity contribution in [3.63, 3.8) is 0 Å². The Labute approximate surface area is 318 Å². The number of benzene rings is 9. The Bertz CT molecular complexity index is 3150.